The summed E-state index contributed by atoms with van der Waals surface area (Å²) in [6, 6.07) is 6.77. The van der Waals surface area contributed by atoms with Crippen LogP contribution in [-0.4, -0.2) is 34.0 Å². The number of H-pyrrole nitrogens is 1. The third kappa shape index (κ3) is 3.21. The lowest BCUT2D eigenvalue weighted by Gasteiger charge is -2.18. The number of hydrogen-bond donors (Lipinski definition) is 1. The van der Waals surface area contributed by atoms with Crippen molar-refractivity contribution in [2.75, 3.05) is 13.6 Å². The number of nitrogens with one attached hydrogen (secondary N) is 1. The van der Waals surface area contributed by atoms with Gasteiger partial charge in [-0.15, -0.1) is 0 Å². The summed E-state index contributed by atoms with van der Waals surface area (Å²) in [5.74, 6) is -0.150. The van der Waals surface area contributed by atoms with Crippen molar-refractivity contribution in [2.24, 2.45) is 0 Å². The maximum Gasteiger partial charge on any atom is 0.329 e. The predicted molar refractivity (Wildman–Crippen MR) is 81.4 cm³/mol. The van der Waals surface area contributed by atoms with Crippen LogP contribution in [0.1, 0.15) is 19.8 Å². The second-order valence-corrected chi connectivity index (χ2v) is 5.03. The van der Waals surface area contributed by atoms with Crippen LogP contribution in [0.25, 0.3) is 10.9 Å². The highest BCUT2D eigenvalue weighted by Gasteiger charge is 2.13. The summed E-state index contributed by atoms with van der Waals surface area (Å²) < 4.78 is 1.31. The van der Waals surface area contributed by atoms with Crippen molar-refractivity contribution in [3.63, 3.8) is 0 Å². The highest BCUT2D eigenvalue weighted by atomic mass is 16.2. The van der Waals surface area contributed by atoms with E-state index in [2.05, 4.69) is 11.9 Å². The number of fused-ring (bicyclic) bond motifs is 1. The van der Waals surface area contributed by atoms with Crippen LogP contribution in [-0.2, 0) is 11.3 Å². The number of rotatable bonds is 5. The first-order chi connectivity index (χ1) is 10.0. The lowest BCUT2D eigenvalue weighted by Crippen LogP contribution is -2.37. The number of likely N-dealkylation sites (N-methyl/N-ethyl adjacent to an activating group) is 1. The maximum atomic E-state index is 12.2. The van der Waals surface area contributed by atoms with Gasteiger partial charge in [-0.05, 0) is 18.6 Å². The fraction of sp³-hybridized carbons (Fsp3) is 0.400. The molecule has 0 bridgehead atoms. The Kier molecular flexibility index (Phi) is 4.57. The second kappa shape index (κ2) is 6.39. The monoisotopic (exact) mass is 289 g/mol. The number of hydrogen-bond acceptors (Lipinski definition) is 3. The smallest absolute Gasteiger partial charge is 0.329 e. The summed E-state index contributed by atoms with van der Waals surface area (Å²) in [5, 5.41) is 0.404. The Morgan fingerprint density at radius 2 is 2.00 bits per heavy atom. The molecule has 0 aliphatic rings. The molecule has 0 fully saturated rings. The maximum absolute atomic E-state index is 12.2. The molecule has 0 saturated carbocycles. The van der Waals surface area contributed by atoms with Crippen LogP contribution in [0.15, 0.2) is 33.9 Å². The minimum Gasteiger partial charge on any atom is -0.344 e. The van der Waals surface area contributed by atoms with Crippen LogP contribution in [0.5, 0.6) is 0 Å². The highest BCUT2D eigenvalue weighted by molar-refractivity contribution is 5.81. The van der Waals surface area contributed by atoms with Crippen LogP contribution >= 0.6 is 0 Å². The van der Waals surface area contributed by atoms with Crippen molar-refractivity contribution in [2.45, 2.75) is 26.3 Å². The van der Waals surface area contributed by atoms with Gasteiger partial charge < -0.3 is 4.90 Å². The molecule has 0 unspecified atom stereocenters. The van der Waals surface area contributed by atoms with Crippen molar-refractivity contribution in [3.8, 4) is 0 Å². The van der Waals surface area contributed by atoms with Crippen LogP contribution in [0, 0.1) is 0 Å². The lowest BCUT2D eigenvalue weighted by molar-refractivity contribution is -0.130. The Hall–Kier alpha value is -2.37. The number of carbonyl (C=O) groups excluding carboxylic acids is 1. The van der Waals surface area contributed by atoms with E-state index in [0.717, 1.165) is 12.8 Å². The van der Waals surface area contributed by atoms with E-state index < -0.39 is 11.2 Å². The quantitative estimate of drug-likeness (QED) is 0.890. The van der Waals surface area contributed by atoms with Crippen molar-refractivity contribution in [3.05, 3.63) is 45.1 Å². The fourth-order valence-corrected chi connectivity index (χ4v) is 2.18. The van der Waals surface area contributed by atoms with Crippen molar-refractivity contribution in [1.82, 2.24) is 14.5 Å². The molecule has 0 atom stereocenters. The molecule has 0 saturated heterocycles. The van der Waals surface area contributed by atoms with Gasteiger partial charge in [0.05, 0.1) is 10.9 Å². The summed E-state index contributed by atoms with van der Waals surface area (Å²) >= 11 is 0. The molecule has 0 aliphatic heterocycles. The summed E-state index contributed by atoms with van der Waals surface area (Å²) in [6.45, 7) is 2.64. The Balaban J connectivity index is 2.37. The van der Waals surface area contributed by atoms with Crippen LogP contribution in [0.2, 0.25) is 0 Å². The highest BCUT2D eigenvalue weighted by Crippen LogP contribution is 2.07. The van der Waals surface area contributed by atoms with E-state index in [9.17, 15) is 14.4 Å². The van der Waals surface area contributed by atoms with E-state index in [1.807, 2.05) is 0 Å². The molecule has 112 valence electrons. The van der Waals surface area contributed by atoms with E-state index in [1.165, 1.54) is 4.57 Å². The number of carbonyl (C=O) groups is 1. The van der Waals surface area contributed by atoms with Gasteiger partial charge in [-0.2, -0.15) is 0 Å². The number of aromatic nitrogens is 2. The van der Waals surface area contributed by atoms with Crippen LogP contribution < -0.4 is 11.2 Å². The standard InChI is InChI=1S/C15H19N3O3/c1-3-4-9-17(2)13(19)10-18-12-8-6-5-7-11(12)14(20)16-15(18)21/h5-8H,3-4,9-10H2,1-2H3,(H,16,20,21). The average Bonchev–Trinajstić information content (AvgIpc) is 2.48. The van der Waals surface area contributed by atoms with Gasteiger partial charge in [0.2, 0.25) is 5.91 Å². The van der Waals surface area contributed by atoms with E-state index in [-0.39, 0.29) is 12.5 Å². The number of para-hydroxylation sites is 1. The van der Waals surface area contributed by atoms with Crippen molar-refractivity contribution in [1.29, 1.82) is 0 Å². The van der Waals surface area contributed by atoms with Crippen molar-refractivity contribution < 1.29 is 4.79 Å². The number of benzene rings is 1. The molecule has 0 radical (unpaired) electrons. The van der Waals surface area contributed by atoms with Gasteiger partial charge >= 0.3 is 5.69 Å². The number of unbranched alkanes of at least 4 members (excludes halogenated alkanes) is 1. The van der Waals surface area contributed by atoms with E-state index in [4.69, 9.17) is 0 Å². The van der Waals surface area contributed by atoms with E-state index >= 15 is 0 Å². The number of amides is 1. The average molecular weight is 289 g/mol. The van der Waals surface area contributed by atoms with Gasteiger partial charge in [0.15, 0.2) is 0 Å². The zero-order valence-corrected chi connectivity index (χ0v) is 12.3. The summed E-state index contributed by atoms with van der Waals surface area (Å²) in [5.41, 5.74) is -0.516. The van der Waals surface area contributed by atoms with Crippen molar-refractivity contribution >= 4 is 16.8 Å². The predicted octanol–water partition coefficient (Wildman–Crippen LogP) is 0.948. The summed E-state index contributed by atoms with van der Waals surface area (Å²) in [6.07, 6.45) is 1.92. The minimum atomic E-state index is -0.559. The van der Waals surface area contributed by atoms with Gasteiger partial charge in [-0.1, -0.05) is 25.5 Å². The summed E-state index contributed by atoms with van der Waals surface area (Å²) in [7, 11) is 1.72. The molecule has 1 aromatic carbocycles. The molecule has 2 rings (SSSR count). The molecule has 21 heavy (non-hydrogen) atoms. The van der Waals surface area contributed by atoms with E-state index in [0.29, 0.717) is 17.4 Å². The molecule has 1 amide bonds. The lowest BCUT2D eigenvalue weighted by atomic mass is 10.2. The van der Waals surface area contributed by atoms with Gasteiger partial charge in [-0.3, -0.25) is 19.1 Å². The zero-order chi connectivity index (χ0) is 15.4. The second-order valence-electron chi connectivity index (χ2n) is 5.03. The third-order valence-electron chi connectivity index (χ3n) is 3.47. The van der Waals surface area contributed by atoms with Gasteiger partial charge in [-0.25, -0.2) is 4.79 Å². The molecular formula is C15H19N3O3. The van der Waals surface area contributed by atoms with Crippen LogP contribution in [0.4, 0.5) is 0 Å². The third-order valence-corrected chi connectivity index (χ3v) is 3.47. The molecule has 6 nitrogen and oxygen atoms in total. The Morgan fingerprint density at radius 1 is 1.29 bits per heavy atom. The molecule has 1 N–H and O–H groups in total. The van der Waals surface area contributed by atoms with Gasteiger partial charge in [0, 0.05) is 13.6 Å². The first-order valence-electron chi connectivity index (χ1n) is 7.00. The minimum absolute atomic E-state index is 0.0731. The first-order valence-corrected chi connectivity index (χ1v) is 7.00. The molecular weight excluding hydrogens is 270 g/mol. The largest absolute Gasteiger partial charge is 0.344 e. The number of nitrogens with zero attached hydrogens (tertiary/aromatic N) is 2. The SMILES string of the molecule is CCCCN(C)C(=O)Cn1c(=O)[nH]c(=O)c2ccccc21. The first kappa shape index (κ1) is 15.0. The topological polar surface area (TPSA) is 75.2 Å². The molecule has 1 aromatic heterocycles. The molecule has 1 heterocycles. The Bertz CT molecular complexity index is 761. The zero-order valence-electron chi connectivity index (χ0n) is 12.3. The van der Waals surface area contributed by atoms with Gasteiger partial charge in [0.1, 0.15) is 6.54 Å². The summed E-state index contributed by atoms with van der Waals surface area (Å²) in [4.78, 5) is 39.7. The fourth-order valence-electron chi connectivity index (χ4n) is 2.18. The molecule has 6 heteroatoms. The Labute approximate surface area is 122 Å². The molecule has 0 spiro atoms. The van der Waals surface area contributed by atoms with E-state index in [1.54, 1.807) is 36.2 Å². The molecule has 2 aromatic rings. The normalized spacial score (nSPS) is 10.8. The molecule has 0 aliphatic carbocycles. The number of aromatic amines is 1. The Morgan fingerprint density at radius 3 is 2.71 bits per heavy atom. The van der Waals surface area contributed by atoms with Crippen LogP contribution in [0.3, 0.4) is 0 Å². The van der Waals surface area contributed by atoms with Gasteiger partial charge in [0.25, 0.3) is 5.56 Å².